The normalized spacial score (nSPS) is 31.9. The molecule has 0 aromatic heterocycles. The van der Waals surface area contributed by atoms with Gasteiger partial charge in [-0.1, -0.05) is 74.8 Å². The second-order valence-electron chi connectivity index (χ2n) is 21.3. The molecule has 3 aliphatic carbocycles. The van der Waals surface area contributed by atoms with Gasteiger partial charge in [0.15, 0.2) is 11.6 Å². The molecule has 2 spiro atoms. The molecule has 0 aromatic carbocycles. The van der Waals surface area contributed by atoms with Crippen molar-refractivity contribution in [2.75, 3.05) is 52.5 Å². The molecule has 3 amide bonds. The second-order valence-corrected chi connectivity index (χ2v) is 22.9. The number of ketones is 2. The predicted octanol–water partition coefficient (Wildman–Crippen LogP) is 4.51. The van der Waals surface area contributed by atoms with E-state index in [-0.39, 0.29) is 91.1 Å². The fourth-order valence-corrected chi connectivity index (χ4v) is 12.9. The Kier molecular flexibility index (Phi) is 12.1. The summed E-state index contributed by atoms with van der Waals surface area (Å²) < 4.78 is 35.3. The minimum atomic E-state index is -4.16. The third kappa shape index (κ3) is 7.74. The molecule has 0 unspecified atom stereocenters. The van der Waals surface area contributed by atoms with Crippen molar-refractivity contribution in [3.63, 3.8) is 0 Å². The van der Waals surface area contributed by atoms with Gasteiger partial charge in [0, 0.05) is 50.4 Å². The zero-order chi connectivity index (χ0) is 42.9. The van der Waals surface area contributed by atoms with Crippen LogP contribution in [0.25, 0.3) is 0 Å². The van der Waals surface area contributed by atoms with E-state index in [9.17, 15) is 27.6 Å². The lowest BCUT2D eigenvalue weighted by molar-refractivity contribution is -0.147. The largest absolute Gasteiger partial charge is 0.379 e. The Labute approximate surface area is 347 Å². The van der Waals surface area contributed by atoms with Gasteiger partial charge >= 0.3 is 10.2 Å². The molecule has 6 fully saturated rings. The van der Waals surface area contributed by atoms with E-state index in [0.29, 0.717) is 19.5 Å². The molecule has 0 radical (unpaired) electrons. The van der Waals surface area contributed by atoms with Gasteiger partial charge in [0.05, 0.1) is 36.6 Å². The van der Waals surface area contributed by atoms with Gasteiger partial charge in [0.2, 0.25) is 17.7 Å². The Morgan fingerprint density at radius 2 is 1.59 bits per heavy atom. The zero-order valence-electron chi connectivity index (χ0n) is 36.7. The second kappa shape index (κ2) is 15.7. The van der Waals surface area contributed by atoms with Gasteiger partial charge in [0.1, 0.15) is 0 Å². The predicted molar refractivity (Wildman–Crippen MR) is 221 cm³/mol. The molecule has 6 aliphatic rings. The van der Waals surface area contributed by atoms with E-state index in [4.69, 9.17) is 4.74 Å². The van der Waals surface area contributed by atoms with E-state index in [0.717, 1.165) is 45.2 Å². The van der Waals surface area contributed by atoms with E-state index in [1.54, 1.807) is 11.0 Å². The Hall–Kier alpha value is -2.68. The Morgan fingerprint density at radius 3 is 2.10 bits per heavy atom. The van der Waals surface area contributed by atoms with Gasteiger partial charge < -0.3 is 19.9 Å². The number of rotatable bonds is 14. The topological polar surface area (TPSA) is 162 Å². The lowest BCUT2D eigenvalue weighted by Crippen LogP contribution is -2.54. The molecule has 326 valence electrons. The summed E-state index contributed by atoms with van der Waals surface area (Å²) in [6.07, 6.45) is 6.87. The maximum absolute atomic E-state index is 15.2. The van der Waals surface area contributed by atoms with E-state index >= 15 is 4.79 Å². The first-order chi connectivity index (χ1) is 26.9. The highest BCUT2D eigenvalue weighted by Gasteiger charge is 2.85. The molecular weight excluding hydrogens is 759 g/mol. The Balaban J connectivity index is 1.26. The molecule has 2 N–H and O–H groups in total. The number of ether oxygens (including phenoxy) is 1. The zero-order valence-corrected chi connectivity index (χ0v) is 37.5. The Morgan fingerprint density at radius 1 is 0.931 bits per heavy atom. The van der Waals surface area contributed by atoms with Gasteiger partial charge in [-0.25, -0.2) is 4.72 Å². The third-order valence-corrected chi connectivity index (χ3v) is 17.4. The number of hydrogen-bond acceptors (Lipinski definition) is 9. The quantitative estimate of drug-likeness (QED) is 0.240. The molecule has 0 aromatic rings. The van der Waals surface area contributed by atoms with Crippen LogP contribution >= 0.6 is 0 Å². The standard InChI is InChI=1S/C44H71N5O8S/c1-11-30-24-42(30,38(54)46-58(55,56)48-19-21-57-22-20-48)26-34(51)32-25-44(41(9,10)43(44)16-14-17-43)28-49(32)37(53)31(39(3,4)5)23-33(50)35(40(6,7)8)45-36(52)29-15-13-18-47(12-2)27-29/h11,29-32,35H,1,12-28H2,2-10H3,(H,45,52)(H,46,54)/t29-,30-,31-,32+,35-,42-,44-/m1/s1. The number of carbonyl (C=O) groups is 5. The average molecular weight is 830 g/mol. The molecule has 3 saturated heterocycles. The van der Waals surface area contributed by atoms with E-state index in [1.165, 1.54) is 4.31 Å². The third-order valence-electron chi connectivity index (χ3n) is 15.9. The molecule has 14 heteroatoms. The number of carbonyl (C=O) groups excluding carboxylic acids is 5. The number of amides is 3. The maximum atomic E-state index is 15.2. The first-order valence-corrected chi connectivity index (χ1v) is 23.3. The lowest BCUT2D eigenvalue weighted by Gasteiger charge is -2.38. The molecule has 7 atom stereocenters. The number of allylic oxidation sites excluding steroid dienone is 1. The van der Waals surface area contributed by atoms with Crippen LogP contribution < -0.4 is 10.0 Å². The van der Waals surface area contributed by atoms with E-state index in [2.05, 4.69) is 42.3 Å². The first-order valence-electron chi connectivity index (χ1n) is 21.8. The molecule has 3 saturated carbocycles. The highest BCUT2D eigenvalue weighted by molar-refractivity contribution is 7.87. The summed E-state index contributed by atoms with van der Waals surface area (Å²) in [6, 6.07) is -1.64. The number of piperidine rings is 1. The van der Waals surface area contributed by atoms with Crippen LogP contribution in [0, 0.1) is 50.2 Å². The summed E-state index contributed by atoms with van der Waals surface area (Å²) >= 11 is 0. The monoisotopic (exact) mass is 830 g/mol. The molecule has 0 bridgehead atoms. The van der Waals surface area contributed by atoms with Crippen LogP contribution in [0.2, 0.25) is 0 Å². The van der Waals surface area contributed by atoms with Crippen LogP contribution in [0.3, 0.4) is 0 Å². The molecule has 13 nitrogen and oxygen atoms in total. The average Bonchev–Trinajstić information content (AvgIpc) is 3.86. The van der Waals surface area contributed by atoms with Crippen molar-refractivity contribution in [1.82, 2.24) is 24.1 Å². The van der Waals surface area contributed by atoms with Crippen molar-refractivity contribution in [1.29, 1.82) is 0 Å². The van der Waals surface area contributed by atoms with Gasteiger partial charge in [-0.3, -0.25) is 24.0 Å². The van der Waals surface area contributed by atoms with Crippen molar-refractivity contribution in [3.8, 4) is 0 Å². The van der Waals surface area contributed by atoms with Gasteiger partial charge in [0.25, 0.3) is 0 Å². The van der Waals surface area contributed by atoms with Gasteiger partial charge in [-0.15, -0.1) is 6.58 Å². The van der Waals surface area contributed by atoms with Crippen LogP contribution in [0.5, 0.6) is 0 Å². The van der Waals surface area contributed by atoms with Crippen LogP contribution in [0.1, 0.15) is 120 Å². The van der Waals surface area contributed by atoms with Crippen molar-refractivity contribution in [2.24, 2.45) is 50.2 Å². The van der Waals surface area contributed by atoms with Crippen molar-refractivity contribution >= 4 is 39.5 Å². The first kappa shape index (κ1) is 44.9. The molecule has 6 rings (SSSR count). The summed E-state index contributed by atoms with van der Waals surface area (Å²) in [4.78, 5) is 76.2. The molecule has 3 aliphatic heterocycles. The molecule has 3 heterocycles. The van der Waals surface area contributed by atoms with E-state index in [1.807, 2.05) is 41.5 Å². The van der Waals surface area contributed by atoms with E-state index < -0.39 is 56.3 Å². The molecule has 58 heavy (non-hydrogen) atoms. The van der Waals surface area contributed by atoms with Crippen LogP contribution in [0.4, 0.5) is 0 Å². The minimum Gasteiger partial charge on any atom is -0.379 e. The summed E-state index contributed by atoms with van der Waals surface area (Å²) in [5.74, 6) is -2.98. The smallest absolute Gasteiger partial charge is 0.303 e. The summed E-state index contributed by atoms with van der Waals surface area (Å²) in [7, 11) is -4.16. The Bertz CT molecular complexity index is 1770. The summed E-state index contributed by atoms with van der Waals surface area (Å²) in [5, 5.41) is 3.12. The minimum absolute atomic E-state index is 0.0131. The lowest BCUT2D eigenvalue weighted by atomic mass is 9.73. The highest BCUT2D eigenvalue weighted by Crippen LogP contribution is 2.88. The highest BCUT2D eigenvalue weighted by atomic mass is 32.2. The number of hydrogen-bond donors (Lipinski definition) is 2. The SMILES string of the molecule is C=C[C@@H]1C[C@]1(CC(=O)[C@@H]1C[C@@]2(CN1C(=O)[C@@H](CC(=O)[C@@H](NC(=O)[C@@H]1CCCN(CC)C1)C(C)(C)C)C(C)(C)C)C(C)(C)C21CCC1)C(=O)NS(=O)(=O)N1CCOCC1. The van der Waals surface area contributed by atoms with Crippen molar-refractivity contribution in [2.45, 2.75) is 132 Å². The molecular formula is C44H71N5O8S. The van der Waals surface area contributed by atoms with Gasteiger partial charge in [-0.05, 0) is 79.2 Å². The van der Waals surface area contributed by atoms with Crippen molar-refractivity contribution < 1.29 is 37.1 Å². The number of nitrogens with one attached hydrogen (secondary N) is 2. The number of morpholine rings is 1. The number of Topliss-reactive ketones (excluding diaryl/α,β-unsaturated/α-hetero) is 2. The van der Waals surface area contributed by atoms with Crippen LogP contribution in [-0.4, -0.2) is 116 Å². The fourth-order valence-electron chi connectivity index (χ4n) is 11.7. The number of likely N-dealkylation sites (tertiary alicyclic amines) is 2. The van der Waals surface area contributed by atoms with Crippen LogP contribution in [-0.2, 0) is 38.9 Å². The number of fused-ring (bicyclic) bond motifs is 1. The summed E-state index contributed by atoms with van der Waals surface area (Å²) in [5.41, 5.74) is -2.96. The van der Waals surface area contributed by atoms with Gasteiger partial charge in [-0.2, -0.15) is 12.7 Å². The van der Waals surface area contributed by atoms with Crippen molar-refractivity contribution in [3.05, 3.63) is 12.7 Å². The fraction of sp³-hybridized carbons (Fsp3) is 0.841. The van der Waals surface area contributed by atoms with Crippen LogP contribution in [0.15, 0.2) is 12.7 Å². The maximum Gasteiger partial charge on any atom is 0.303 e. The summed E-state index contributed by atoms with van der Waals surface area (Å²) in [6.45, 7) is 25.7. The number of nitrogens with zero attached hydrogens (tertiary/aromatic N) is 3.